The van der Waals surface area contributed by atoms with E-state index in [9.17, 15) is 5.11 Å². The summed E-state index contributed by atoms with van der Waals surface area (Å²) in [7, 11) is 0. The topological polar surface area (TPSA) is 99.1 Å². The van der Waals surface area contributed by atoms with Gasteiger partial charge in [0.25, 0.3) is 0 Å². The highest BCUT2D eigenvalue weighted by molar-refractivity contribution is 5.81. The molecule has 0 spiro atoms. The minimum Gasteiger partial charge on any atom is -0.394 e. The van der Waals surface area contributed by atoms with E-state index in [4.69, 9.17) is 16.9 Å². The highest BCUT2D eigenvalue weighted by Crippen LogP contribution is 2.36. The number of hydrogen-bond acceptors (Lipinski definition) is 6. The van der Waals surface area contributed by atoms with Gasteiger partial charge in [-0.05, 0) is 6.42 Å². The summed E-state index contributed by atoms with van der Waals surface area (Å²) in [4.78, 5) is 12.3. The fraction of sp³-hybridized carbons (Fsp3) is 0.462. The number of anilines is 1. The molecule has 3 atom stereocenters. The molecule has 7 heteroatoms. The summed E-state index contributed by atoms with van der Waals surface area (Å²) in [6, 6.07) is 0. The number of ether oxygens (including phenoxy) is 1. The highest BCUT2D eigenvalue weighted by atomic mass is 16.5. The normalized spacial score (nSPS) is 25.9. The van der Waals surface area contributed by atoms with Crippen molar-refractivity contribution in [1.82, 2.24) is 19.5 Å². The van der Waals surface area contributed by atoms with Crippen molar-refractivity contribution in [2.24, 2.45) is 5.92 Å². The van der Waals surface area contributed by atoms with E-state index < -0.39 is 0 Å². The molecular formula is C13H15N5O2. The number of aliphatic hydroxyl groups is 1. The van der Waals surface area contributed by atoms with Gasteiger partial charge in [0.1, 0.15) is 18.1 Å². The maximum Gasteiger partial charge on any atom is 0.167 e. The van der Waals surface area contributed by atoms with Crippen LogP contribution in [0, 0.1) is 18.3 Å². The molecule has 0 amide bonds. The molecule has 20 heavy (non-hydrogen) atoms. The fourth-order valence-electron chi connectivity index (χ4n) is 2.60. The van der Waals surface area contributed by atoms with Crippen LogP contribution in [-0.2, 0) is 4.74 Å². The van der Waals surface area contributed by atoms with Crippen LogP contribution >= 0.6 is 0 Å². The van der Waals surface area contributed by atoms with Crippen molar-refractivity contribution in [3.05, 3.63) is 12.7 Å². The first kappa shape index (κ1) is 12.8. The van der Waals surface area contributed by atoms with Crippen LogP contribution in [0.25, 0.3) is 11.2 Å². The first-order valence-corrected chi connectivity index (χ1v) is 6.37. The average molecular weight is 273 g/mol. The lowest BCUT2D eigenvalue weighted by atomic mass is 9.98. The maximum atomic E-state index is 9.37. The third-order valence-corrected chi connectivity index (χ3v) is 3.62. The standard InChI is InChI=1S/C13H15N5O2/c1-2-3-8-4-10(20-9(8)5-19)18-7-17-11-12(14)15-6-16-13(11)18/h1,6-10,19H,3-5H2,(H2,14,15,16)/t8?,9-,10-/m1/s1. The average Bonchev–Trinajstić information content (AvgIpc) is 3.03. The maximum absolute atomic E-state index is 9.37. The lowest BCUT2D eigenvalue weighted by molar-refractivity contribution is -0.0287. The van der Waals surface area contributed by atoms with Crippen LogP contribution < -0.4 is 5.73 Å². The molecule has 0 saturated carbocycles. The number of imidazole rings is 1. The van der Waals surface area contributed by atoms with Crippen LogP contribution in [0.3, 0.4) is 0 Å². The Balaban J connectivity index is 1.93. The van der Waals surface area contributed by atoms with Gasteiger partial charge in [0.2, 0.25) is 0 Å². The van der Waals surface area contributed by atoms with Gasteiger partial charge < -0.3 is 15.6 Å². The van der Waals surface area contributed by atoms with Crippen LogP contribution in [0.15, 0.2) is 12.7 Å². The molecular weight excluding hydrogens is 258 g/mol. The Hall–Kier alpha value is -2.17. The summed E-state index contributed by atoms with van der Waals surface area (Å²) < 4.78 is 7.66. The van der Waals surface area contributed by atoms with E-state index in [-0.39, 0.29) is 24.9 Å². The van der Waals surface area contributed by atoms with E-state index in [1.165, 1.54) is 6.33 Å². The highest BCUT2D eigenvalue weighted by Gasteiger charge is 2.36. The second-order valence-electron chi connectivity index (χ2n) is 4.80. The zero-order chi connectivity index (χ0) is 14.1. The Bertz CT molecular complexity index is 662. The molecule has 104 valence electrons. The van der Waals surface area contributed by atoms with Crippen LogP contribution in [0.4, 0.5) is 5.82 Å². The van der Waals surface area contributed by atoms with Crippen LogP contribution in [-0.4, -0.2) is 37.3 Å². The van der Waals surface area contributed by atoms with Gasteiger partial charge in [-0.1, -0.05) is 0 Å². The predicted molar refractivity (Wildman–Crippen MR) is 72.3 cm³/mol. The second-order valence-corrected chi connectivity index (χ2v) is 4.80. The fourth-order valence-corrected chi connectivity index (χ4v) is 2.60. The molecule has 1 fully saturated rings. The monoisotopic (exact) mass is 273 g/mol. The third-order valence-electron chi connectivity index (χ3n) is 3.62. The number of aromatic nitrogens is 4. The summed E-state index contributed by atoms with van der Waals surface area (Å²) in [6.07, 6.45) is 9.17. The van der Waals surface area contributed by atoms with Gasteiger partial charge >= 0.3 is 0 Å². The van der Waals surface area contributed by atoms with Crippen molar-refractivity contribution in [2.45, 2.75) is 25.2 Å². The largest absolute Gasteiger partial charge is 0.394 e. The minimum absolute atomic E-state index is 0.0490. The number of terminal acetylenes is 1. The van der Waals surface area contributed by atoms with Crippen LogP contribution in [0.1, 0.15) is 19.1 Å². The number of nitrogens with zero attached hydrogens (tertiary/aromatic N) is 4. The molecule has 1 saturated heterocycles. The summed E-state index contributed by atoms with van der Waals surface area (Å²) in [5, 5.41) is 9.37. The van der Waals surface area contributed by atoms with E-state index in [0.717, 1.165) is 0 Å². The van der Waals surface area contributed by atoms with Gasteiger partial charge in [0, 0.05) is 12.3 Å². The number of hydrogen-bond donors (Lipinski definition) is 2. The van der Waals surface area contributed by atoms with E-state index in [2.05, 4.69) is 20.9 Å². The summed E-state index contributed by atoms with van der Waals surface area (Å²) in [5.41, 5.74) is 6.94. The molecule has 0 radical (unpaired) electrons. The van der Waals surface area contributed by atoms with Crippen LogP contribution in [0.5, 0.6) is 0 Å². The van der Waals surface area contributed by atoms with Crippen molar-refractivity contribution < 1.29 is 9.84 Å². The molecule has 1 aliphatic rings. The van der Waals surface area contributed by atoms with Gasteiger partial charge in [0.05, 0.1) is 19.0 Å². The van der Waals surface area contributed by atoms with E-state index in [0.29, 0.717) is 29.8 Å². The van der Waals surface area contributed by atoms with Crippen molar-refractivity contribution in [3.8, 4) is 12.3 Å². The Morgan fingerprint density at radius 3 is 3.10 bits per heavy atom. The van der Waals surface area contributed by atoms with Crippen molar-refractivity contribution in [1.29, 1.82) is 0 Å². The van der Waals surface area contributed by atoms with E-state index in [1.807, 2.05) is 4.57 Å². The van der Waals surface area contributed by atoms with Gasteiger partial charge in [0.15, 0.2) is 11.5 Å². The first-order valence-electron chi connectivity index (χ1n) is 6.37. The number of fused-ring (bicyclic) bond motifs is 1. The summed E-state index contributed by atoms with van der Waals surface area (Å²) >= 11 is 0. The number of rotatable bonds is 3. The molecule has 0 aliphatic carbocycles. The SMILES string of the molecule is C#CCC1C[C@H](n2cnc3c(N)ncnc32)O[C@@H]1CO. The molecule has 7 nitrogen and oxygen atoms in total. The molecule has 1 aliphatic heterocycles. The minimum atomic E-state index is -0.257. The van der Waals surface area contributed by atoms with Gasteiger partial charge in [-0.2, -0.15) is 0 Å². The Kier molecular flexibility index (Phi) is 3.26. The summed E-state index contributed by atoms with van der Waals surface area (Å²) in [6.45, 7) is -0.0490. The lowest BCUT2D eigenvalue weighted by Crippen LogP contribution is -2.20. The van der Waals surface area contributed by atoms with Gasteiger partial charge in [-0.3, -0.25) is 4.57 Å². The van der Waals surface area contributed by atoms with E-state index in [1.54, 1.807) is 6.33 Å². The van der Waals surface area contributed by atoms with Gasteiger partial charge in [-0.15, -0.1) is 12.3 Å². The number of nitrogens with two attached hydrogens (primary N) is 1. The third kappa shape index (κ3) is 1.99. The first-order chi connectivity index (χ1) is 9.74. The Labute approximate surface area is 115 Å². The predicted octanol–water partition coefficient (Wildman–Crippen LogP) is 0.328. The number of aliphatic hydroxyl groups excluding tert-OH is 1. The molecule has 0 aromatic carbocycles. The van der Waals surface area contributed by atoms with E-state index >= 15 is 0 Å². The zero-order valence-corrected chi connectivity index (χ0v) is 10.8. The molecule has 0 bridgehead atoms. The van der Waals surface area contributed by atoms with Crippen molar-refractivity contribution in [3.63, 3.8) is 0 Å². The molecule has 3 N–H and O–H groups in total. The molecule has 2 aromatic heterocycles. The van der Waals surface area contributed by atoms with Crippen LogP contribution in [0.2, 0.25) is 0 Å². The molecule has 2 aromatic rings. The van der Waals surface area contributed by atoms with Gasteiger partial charge in [-0.25, -0.2) is 15.0 Å². The lowest BCUT2D eigenvalue weighted by Gasteiger charge is -2.14. The zero-order valence-electron chi connectivity index (χ0n) is 10.8. The van der Waals surface area contributed by atoms with Crippen molar-refractivity contribution >= 4 is 17.0 Å². The Morgan fingerprint density at radius 2 is 2.35 bits per heavy atom. The number of nitrogen functional groups attached to an aromatic ring is 1. The van der Waals surface area contributed by atoms with Crippen molar-refractivity contribution in [2.75, 3.05) is 12.3 Å². The second kappa shape index (κ2) is 5.07. The Morgan fingerprint density at radius 1 is 1.50 bits per heavy atom. The summed E-state index contributed by atoms with van der Waals surface area (Å²) in [5.74, 6) is 3.09. The molecule has 3 rings (SSSR count). The molecule has 1 unspecified atom stereocenters. The quantitative estimate of drug-likeness (QED) is 0.782. The molecule has 3 heterocycles. The smallest absolute Gasteiger partial charge is 0.167 e.